The van der Waals surface area contributed by atoms with Gasteiger partial charge in [-0.05, 0) is 32.4 Å². The highest BCUT2D eigenvalue weighted by Crippen LogP contribution is 2.19. The van der Waals surface area contributed by atoms with Crippen LogP contribution in [0.5, 0.6) is 0 Å². The highest BCUT2D eigenvalue weighted by molar-refractivity contribution is 5.92. The predicted molar refractivity (Wildman–Crippen MR) is 110 cm³/mol. The van der Waals surface area contributed by atoms with Crippen molar-refractivity contribution in [2.24, 2.45) is 0 Å². The molecule has 2 aromatic rings. The predicted octanol–water partition coefficient (Wildman–Crippen LogP) is 2.12. The van der Waals surface area contributed by atoms with Crippen LogP contribution in [-0.2, 0) is 12.0 Å². The molecule has 2 aromatic heterocycles. The Morgan fingerprint density at radius 2 is 2.07 bits per heavy atom. The van der Waals surface area contributed by atoms with Gasteiger partial charge in [-0.1, -0.05) is 32.3 Å². The Bertz CT molecular complexity index is 896. The van der Waals surface area contributed by atoms with E-state index in [-0.39, 0.29) is 22.9 Å². The van der Waals surface area contributed by atoms with Crippen LogP contribution in [0.1, 0.15) is 62.0 Å². The molecule has 0 radical (unpaired) electrons. The van der Waals surface area contributed by atoms with E-state index in [2.05, 4.69) is 41.2 Å². The van der Waals surface area contributed by atoms with E-state index in [1.165, 1.54) is 0 Å². The molecule has 0 saturated carbocycles. The first-order chi connectivity index (χ1) is 13.7. The lowest BCUT2D eigenvalue weighted by Crippen LogP contribution is -2.48. The second-order valence-corrected chi connectivity index (χ2v) is 8.75. The summed E-state index contributed by atoms with van der Waals surface area (Å²) < 4.78 is 6.53. The molecule has 1 amide bonds. The SMILES string of the molecule is Cc1cc(C(=O)NCC2CCCCN2CCn2nc(C(C)(C)C)ccc2=O)no1. The lowest BCUT2D eigenvalue weighted by atomic mass is 9.92. The van der Waals surface area contributed by atoms with Gasteiger partial charge in [0.1, 0.15) is 5.76 Å². The largest absolute Gasteiger partial charge is 0.361 e. The van der Waals surface area contributed by atoms with E-state index in [4.69, 9.17) is 4.52 Å². The number of amides is 1. The molecule has 158 valence electrons. The quantitative estimate of drug-likeness (QED) is 0.797. The Morgan fingerprint density at radius 3 is 2.76 bits per heavy atom. The molecule has 8 nitrogen and oxygen atoms in total. The standard InChI is InChI=1S/C21H31N5O3/c1-15-13-17(24-29-15)20(28)22-14-16-7-5-6-10-25(16)11-12-26-19(27)9-8-18(23-26)21(2,3)4/h8-9,13,16H,5-7,10-12,14H2,1-4H3,(H,22,28). The van der Waals surface area contributed by atoms with Crippen molar-refractivity contribution in [3.63, 3.8) is 0 Å². The number of carbonyl (C=O) groups excluding carboxylic acids is 1. The van der Waals surface area contributed by atoms with E-state index in [9.17, 15) is 9.59 Å². The fraction of sp³-hybridized carbons (Fsp3) is 0.619. The van der Waals surface area contributed by atoms with Gasteiger partial charge in [-0.2, -0.15) is 5.10 Å². The number of carbonyl (C=O) groups is 1. The molecule has 0 aliphatic carbocycles. The van der Waals surface area contributed by atoms with E-state index in [1.54, 1.807) is 23.7 Å². The first-order valence-corrected chi connectivity index (χ1v) is 10.3. The van der Waals surface area contributed by atoms with Crippen LogP contribution in [0.25, 0.3) is 0 Å². The third-order valence-corrected chi connectivity index (χ3v) is 5.34. The van der Waals surface area contributed by atoms with Gasteiger partial charge in [-0.25, -0.2) is 4.68 Å². The summed E-state index contributed by atoms with van der Waals surface area (Å²) in [6, 6.07) is 5.28. The van der Waals surface area contributed by atoms with E-state index >= 15 is 0 Å². The van der Waals surface area contributed by atoms with Crippen LogP contribution in [0.15, 0.2) is 27.5 Å². The van der Waals surface area contributed by atoms with Crippen molar-refractivity contribution >= 4 is 5.91 Å². The number of hydrogen-bond donors (Lipinski definition) is 1. The molecule has 1 atom stereocenters. The van der Waals surface area contributed by atoms with Crippen LogP contribution in [0.3, 0.4) is 0 Å². The zero-order chi connectivity index (χ0) is 21.0. The monoisotopic (exact) mass is 401 g/mol. The number of nitrogens with one attached hydrogen (secondary N) is 1. The summed E-state index contributed by atoms with van der Waals surface area (Å²) in [6.45, 7) is 10.8. The van der Waals surface area contributed by atoms with Crippen molar-refractivity contribution in [1.82, 2.24) is 25.2 Å². The lowest BCUT2D eigenvalue weighted by molar-refractivity contribution is 0.0900. The molecule has 1 saturated heterocycles. The third kappa shape index (κ3) is 5.53. The van der Waals surface area contributed by atoms with Crippen molar-refractivity contribution in [3.05, 3.63) is 45.7 Å². The fourth-order valence-corrected chi connectivity index (χ4v) is 3.59. The zero-order valence-electron chi connectivity index (χ0n) is 17.8. The molecule has 1 fully saturated rings. The van der Waals surface area contributed by atoms with Crippen LogP contribution >= 0.6 is 0 Å². The van der Waals surface area contributed by atoms with Gasteiger partial charge in [0.25, 0.3) is 11.5 Å². The first-order valence-electron chi connectivity index (χ1n) is 10.3. The molecule has 1 N–H and O–H groups in total. The van der Waals surface area contributed by atoms with Crippen molar-refractivity contribution in [3.8, 4) is 0 Å². The second kappa shape index (κ2) is 8.90. The van der Waals surface area contributed by atoms with Crippen molar-refractivity contribution < 1.29 is 9.32 Å². The number of likely N-dealkylation sites (tertiary alicyclic amines) is 1. The Kier molecular flexibility index (Phi) is 6.52. The van der Waals surface area contributed by atoms with Crippen molar-refractivity contribution in [2.45, 2.75) is 65.0 Å². The number of piperidine rings is 1. The van der Waals surface area contributed by atoms with Crippen LogP contribution in [0, 0.1) is 6.92 Å². The highest BCUT2D eigenvalue weighted by Gasteiger charge is 2.24. The van der Waals surface area contributed by atoms with Gasteiger partial charge in [0.05, 0.1) is 12.2 Å². The molecule has 0 bridgehead atoms. The molecular weight excluding hydrogens is 370 g/mol. The van der Waals surface area contributed by atoms with Gasteiger partial charge in [0.2, 0.25) is 0 Å². The third-order valence-electron chi connectivity index (χ3n) is 5.34. The number of aryl methyl sites for hydroxylation is 1. The minimum absolute atomic E-state index is 0.0822. The Hall–Kier alpha value is -2.48. The van der Waals surface area contributed by atoms with E-state index in [0.29, 0.717) is 24.5 Å². The zero-order valence-corrected chi connectivity index (χ0v) is 17.8. The molecule has 1 aliphatic rings. The van der Waals surface area contributed by atoms with Crippen LogP contribution < -0.4 is 10.9 Å². The summed E-state index contributed by atoms with van der Waals surface area (Å²) in [4.78, 5) is 26.8. The van der Waals surface area contributed by atoms with Gasteiger partial charge < -0.3 is 9.84 Å². The van der Waals surface area contributed by atoms with E-state index in [1.807, 2.05) is 6.07 Å². The average molecular weight is 402 g/mol. The Morgan fingerprint density at radius 1 is 1.28 bits per heavy atom. The summed E-state index contributed by atoms with van der Waals surface area (Å²) >= 11 is 0. The topological polar surface area (TPSA) is 93.3 Å². The highest BCUT2D eigenvalue weighted by atomic mass is 16.5. The minimum Gasteiger partial charge on any atom is -0.361 e. The average Bonchev–Trinajstić information content (AvgIpc) is 3.11. The van der Waals surface area contributed by atoms with E-state index < -0.39 is 0 Å². The maximum absolute atomic E-state index is 12.3. The Labute approximate surface area is 171 Å². The van der Waals surface area contributed by atoms with Gasteiger partial charge in [-0.15, -0.1) is 0 Å². The van der Waals surface area contributed by atoms with E-state index in [0.717, 1.165) is 38.0 Å². The summed E-state index contributed by atoms with van der Waals surface area (Å²) in [5, 5.41) is 11.3. The molecule has 3 heterocycles. The maximum Gasteiger partial charge on any atom is 0.273 e. The molecular formula is C21H31N5O3. The summed E-state index contributed by atoms with van der Waals surface area (Å²) in [5.41, 5.74) is 1.02. The molecule has 0 spiro atoms. The fourth-order valence-electron chi connectivity index (χ4n) is 3.59. The van der Waals surface area contributed by atoms with Crippen molar-refractivity contribution in [2.75, 3.05) is 19.6 Å². The molecule has 8 heteroatoms. The first kappa shape index (κ1) is 21.2. The molecule has 1 unspecified atom stereocenters. The van der Waals surface area contributed by atoms with Crippen LogP contribution in [-0.4, -0.2) is 51.4 Å². The number of aromatic nitrogens is 3. The minimum atomic E-state index is -0.219. The smallest absolute Gasteiger partial charge is 0.273 e. The number of rotatable bonds is 6. The van der Waals surface area contributed by atoms with Crippen LogP contribution in [0.2, 0.25) is 0 Å². The summed E-state index contributed by atoms with van der Waals surface area (Å²) in [6.07, 6.45) is 3.28. The van der Waals surface area contributed by atoms with Crippen molar-refractivity contribution in [1.29, 1.82) is 0 Å². The molecule has 1 aliphatic heterocycles. The second-order valence-electron chi connectivity index (χ2n) is 8.75. The normalized spacial score (nSPS) is 18.0. The van der Waals surface area contributed by atoms with Gasteiger partial charge in [-0.3, -0.25) is 14.5 Å². The molecule has 0 aromatic carbocycles. The summed E-state index contributed by atoms with van der Waals surface area (Å²) in [7, 11) is 0. The number of hydrogen-bond acceptors (Lipinski definition) is 6. The van der Waals surface area contributed by atoms with Crippen LogP contribution in [0.4, 0.5) is 0 Å². The molecule has 29 heavy (non-hydrogen) atoms. The van der Waals surface area contributed by atoms with Gasteiger partial charge in [0, 0.05) is 36.7 Å². The number of nitrogens with zero attached hydrogens (tertiary/aromatic N) is 4. The Balaban J connectivity index is 1.60. The molecule has 3 rings (SSSR count). The summed E-state index contributed by atoms with van der Waals surface area (Å²) in [5.74, 6) is 0.396. The maximum atomic E-state index is 12.3. The van der Waals surface area contributed by atoms with Gasteiger partial charge in [0.15, 0.2) is 5.69 Å². The van der Waals surface area contributed by atoms with Gasteiger partial charge >= 0.3 is 0 Å². The lowest BCUT2D eigenvalue weighted by Gasteiger charge is -2.35.